The van der Waals surface area contributed by atoms with Crippen molar-refractivity contribution >= 4 is 0 Å². The molecule has 0 amide bonds. The zero-order chi connectivity index (χ0) is 13.0. The SMILES string of the molecule is CCCn1ncnc1CC(NC)C1(C)CCCO1. The molecular formula is C13H24N4O. The quantitative estimate of drug-likeness (QED) is 0.831. The largest absolute Gasteiger partial charge is 0.374 e. The molecule has 102 valence electrons. The lowest BCUT2D eigenvalue weighted by Gasteiger charge is -2.33. The zero-order valence-corrected chi connectivity index (χ0v) is 11.6. The Morgan fingerprint density at radius 1 is 1.61 bits per heavy atom. The number of likely N-dealkylation sites (N-methyl/N-ethyl adjacent to an activating group) is 1. The summed E-state index contributed by atoms with van der Waals surface area (Å²) in [6.45, 7) is 6.16. The maximum atomic E-state index is 5.92. The van der Waals surface area contributed by atoms with E-state index >= 15 is 0 Å². The number of aryl methyl sites for hydroxylation is 1. The van der Waals surface area contributed by atoms with E-state index in [9.17, 15) is 0 Å². The fourth-order valence-corrected chi connectivity index (χ4v) is 2.73. The lowest BCUT2D eigenvalue weighted by Crippen LogP contribution is -2.48. The summed E-state index contributed by atoms with van der Waals surface area (Å²) >= 11 is 0. The molecule has 5 nitrogen and oxygen atoms in total. The first-order valence-electron chi connectivity index (χ1n) is 6.87. The Bertz CT molecular complexity index is 371. The van der Waals surface area contributed by atoms with Gasteiger partial charge in [-0.05, 0) is 33.2 Å². The summed E-state index contributed by atoms with van der Waals surface area (Å²) in [5.74, 6) is 1.05. The van der Waals surface area contributed by atoms with Gasteiger partial charge in [0.2, 0.25) is 0 Å². The first-order valence-corrected chi connectivity index (χ1v) is 6.87. The number of nitrogens with one attached hydrogen (secondary N) is 1. The van der Waals surface area contributed by atoms with Crippen LogP contribution in [-0.4, -0.2) is 40.1 Å². The number of hydrogen-bond acceptors (Lipinski definition) is 4. The molecule has 0 spiro atoms. The van der Waals surface area contributed by atoms with Crippen LogP contribution in [0.15, 0.2) is 6.33 Å². The molecule has 1 aromatic rings. The van der Waals surface area contributed by atoms with Gasteiger partial charge in [0, 0.05) is 25.6 Å². The Kier molecular flexibility index (Phi) is 4.35. The summed E-state index contributed by atoms with van der Waals surface area (Å²) < 4.78 is 7.92. The van der Waals surface area contributed by atoms with Crippen LogP contribution in [0.3, 0.4) is 0 Å². The molecule has 0 radical (unpaired) electrons. The second kappa shape index (κ2) is 5.80. The molecule has 0 aliphatic carbocycles. The molecule has 1 fully saturated rings. The Hall–Kier alpha value is -0.940. The number of ether oxygens (including phenoxy) is 1. The molecule has 1 aliphatic heterocycles. The van der Waals surface area contributed by atoms with E-state index in [0.717, 1.165) is 44.7 Å². The minimum absolute atomic E-state index is 0.0717. The van der Waals surface area contributed by atoms with Gasteiger partial charge in [0.05, 0.1) is 5.60 Å². The predicted molar refractivity (Wildman–Crippen MR) is 70.5 cm³/mol. The second-order valence-electron chi connectivity index (χ2n) is 5.21. The molecule has 2 rings (SSSR count). The van der Waals surface area contributed by atoms with Gasteiger partial charge in [-0.25, -0.2) is 4.98 Å². The van der Waals surface area contributed by atoms with Gasteiger partial charge < -0.3 is 10.1 Å². The van der Waals surface area contributed by atoms with Crippen LogP contribution in [0, 0.1) is 0 Å². The molecular weight excluding hydrogens is 228 g/mol. The Labute approximate surface area is 109 Å². The minimum atomic E-state index is -0.0717. The summed E-state index contributed by atoms with van der Waals surface area (Å²) in [5.41, 5.74) is -0.0717. The second-order valence-corrected chi connectivity index (χ2v) is 5.21. The summed E-state index contributed by atoms with van der Waals surface area (Å²) in [4.78, 5) is 4.38. The van der Waals surface area contributed by atoms with Crippen LogP contribution in [-0.2, 0) is 17.7 Å². The molecule has 1 N–H and O–H groups in total. The molecule has 2 unspecified atom stereocenters. The van der Waals surface area contributed by atoms with Crippen molar-refractivity contribution in [3.8, 4) is 0 Å². The fraction of sp³-hybridized carbons (Fsp3) is 0.846. The molecule has 18 heavy (non-hydrogen) atoms. The van der Waals surface area contributed by atoms with Gasteiger partial charge in [0.15, 0.2) is 0 Å². The summed E-state index contributed by atoms with van der Waals surface area (Å²) in [5, 5.41) is 7.67. The number of rotatable bonds is 6. The van der Waals surface area contributed by atoms with Crippen LogP contribution in [0.25, 0.3) is 0 Å². The van der Waals surface area contributed by atoms with Gasteiger partial charge in [-0.2, -0.15) is 5.10 Å². The van der Waals surface area contributed by atoms with E-state index < -0.39 is 0 Å². The third-order valence-electron chi connectivity index (χ3n) is 3.85. The molecule has 0 aromatic carbocycles. The van der Waals surface area contributed by atoms with Crippen molar-refractivity contribution in [1.82, 2.24) is 20.1 Å². The summed E-state index contributed by atoms with van der Waals surface area (Å²) in [7, 11) is 2.00. The molecule has 2 atom stereocenters. The first kappa shape index (κ1) is 13.5. The Balaban J connectivity index is 2.07. The lowest BCUT2D eigenvalue weighted by atomic mass is 9.90. The molecule has 1 saturated heterocycles. The van der Waals surface area contributed by atoms with E-state index in [1.165, 1.54) is 0 Å². The van der Waals surface area contributed by atoms with E-state index in [1.54, 1.807) is 6.33 Å². The van der Waals surface area contributed by atoms with Gasteiger partial charge in [-0.3, -0.25) is 4.68 Å². The molecule has 5 heteroatoms. The van der Waals surface area contributed by atoms with Crippen molar-refractivity contribution in [3.63, 3.8) is 0 Å². The molecule has 1 aromatic heterocycles. The average Bonchev–Trinajstić information content (AvgIpc) is 2.97. The minimum Gasteiger partial charge on any atom is -0.374 e. The van der Waals surface area contributed by atoms with Crippen molar-refractivity contribution in [2.45, 2.75) is 57.7 Å². The molecule has 0 saturated carbocycles. The topological polar surface area (TPSA) is 52.0 Å². The highest BCUT2D eigenvalue weighted by atomic mass is 16.5. The summed E-state index contributed by atoms with van der Waals surface area (Å²) in [6, 6.07) is 0.291. The van der Waals surface area contributed by atoms with Crippen molar-refractivity contribution < 1.29 is 4.74 Å². The predicted octanol–water partition coefficient (Wildman–Crippen LogP) is 1.39. The molecule has 0 bridgehead atoms. The van der Waals surface area contributed by atoms with Crippen LogP contribution in [0.2, 0.25) is 0 Å². The Morgan fingerprint density at radius 3 is 3.06 bits per heavy atom. The molecule has 2 heterocycles. The first-order chi connectivity index (χ1) is 8.69. The fourth-order valence-electron chi connectivity index (χ4n) is 2.73. The van der Waals surface area contributed by atoms with Gasteiger partial charge in [0.25, 0.3) is 0 Å². The number of aromatic nitrogens is 3. The number of hydrogen-bond donors (Lipinski definition) is 1. The van der Waals surface area contributed by atoms with Crippen LogP contribution in [0.1, 0.15) is 38.9 Å². The van der Waals surface area contributed by atoms with E-state index in [-0.39, 0.29) is 5.60 Å². The van der Waals surface area contributed by atoms with Crippen molar-refractivity contribution in [3.05, 3.63) is 12.2 Å². The highest BCUT2D eigenvalue weighted by Crippen LogP contribution is 2.29. The van der Waals surface area contributed by atoms with Gasteiger partial charge in [0.1, 0.15) is 12.2 Å². The van der Waals surface area contributed by atoms with Gasteiger partial charge in [-0.15, -0.1) is 0 Å². The van der Waals surface area contributed by atoms with E-state index in [2.05, 4.69) is 29.2 Å². The maximum absolute atomic E-state index is 5.92. The van der Waals surface area contributed by atoms with E-state index in [4.69, 9.17) is 4.74 Å². The standard InChI is InChI=1S/C13H24N4O/c1-4-7-17-12(15-10-16-17)9-11(14-3)13(2)6-5-8-18-13/h10-11,14H,4-9H2,1-3H3. The van der Waals surface area contributed by atoms with Gasteiger partial charge >= 0.3 is 0 Å². The normalized spacial score (nSPS) is 25.5. The third-order valence-corrected chi connectivity index (χ3v) is 3.85. The number of nitrogens with zero attached hydrogens (tertiary/aromatic N) is 3. The van der Waals surface area contributed by atoms with E-state index in [1.807, 2.05) is 11.7 Å². The smallest absolute Gasteiger partial charge is 0.138 e. The van der Waals surface area contributed by atoms with E-state index in [0.29, 0.717) is 6.04 Å². The van der Waals surface area contributed by atoms with Gasteiger partial charge in [-0.1, -0.05) is 6.92 Å². The van der Waals surface area contributed by atoms with Crippen LogP contribution in [0.4, 0.5) is 0 Å². The Morgan fingerprint density at radius 2 is 2.44 bits per heavy atom. The van der Waals surface area contributed by atoms with Crippen molar-refractivity contribution in [1.29, 1.82) is 0 Å². The average molecular weight is 252 g/mol. The van der Waals surface area contributed by atoms with Crippen molar-refractivity contribution in [2.24, 2.45) is 0 Å². The third kappa shape index (κ3) is 2.72. The summed E-state index contributed by atoms with van der Waals surface area (Å²) in [6.07, 6.45) is 5.85. The lowest BCUT2D eigenvalue weighted by molar-refractivity contribution is -0.0102. The zero-order valence-electron chi connectivity index (χ0n) is 11.6. The van der Waals surface area contributed by atoms with Crippen LogP contribution < -0.4 is 5.32 Å². The highest BCUT2D eigenvalue weighted by Gasteiger charge is 2.38. The van der Waals surface area contributed by atoms with Crippen LogP contribution in [0.5, 0.6) is 0 Å². The van der Waals surface area contributed by atoms with Crippen molar-refractivity contribution in [2.75, 3.05) is 13.7 Å². The molecule has 1 aliphatic rings. The highest BCUT2D eigenvalue weighted by molar-refractivity contribution is 4.99. The van der Waals surface area contributed by atoms with Crippen LogP contribution >= 0.6 is 0 Å². The maximum Gasteiger partial charge on any atom is 0.138 e. The monoisotopic (exact) mass is 252 g/mol.